The SMILES string of the molecule is Cc1cc(F)ccc1C(=O)c1ccc(N(C)C=O)cc1. The molecule has 0 atom stereocenters. The van der Waals surface area contributed by atoms with Crippen LogP contribution in [0.15, 0.2) is 42.5 Å². The van der Waals surface area contributed by atoms with Crippen LogP contribution in [-0.2, 0) is 4.79 Å². The van der Waals surface area contributed by atoms with Crippen LogP contribution in [0.1, 0.15) is 21.5 Å². The Labute approximate surface area is 116 Å². The molecule has 0 heterocycles. The monoisotopic (exact) mass is 271 g/mol. The van der Waals surface area contributed by atoms with Crippen LogP contribution < -0.4 is 4.90 Å². The molecule has 102 valence electrons. The van der Waals surface area contributed by atoms with Gasteiger partial charge in [0.25, 0.3) is 0 Å². The summed E-state index contributed by atoms with van der Waals surface area (Å²) in [7, 11) is 1.63. The number of carbonyl (C=O) groups is 2. The third-order valence-electron chi connectivity index (χ3n) is 3.13. The molecule has 0 N–H and O–H groups in total. The van der Waals surface area contributed by atoms with Crippen molar-refractivity contribution in [3.8, 4) is 0 Å². The highest BCUT2D eigenvalue weighted by Crippen LogP contribution is 2.18. The van der Waals surface area contributed by atoms with E-state index in [1.54, 1.807) is 38.2 Å². The quantitative estimate of drug-likeness (QED) is 0.633. The molecule has 0 radical (unpaired) electrons. The van der Waals surface area contributed by atoms with E-state index in [4.69, 9.17) is 0 Å². The Kier molecular flexibility index (Phi) is 3.94. The van der Waals surface area contributed by atoms with E-state index in [1.807, 2.05) is 0 Å². The number of ketones is 1. The second-order valence-corrected chi connectivity index (χ2v) is 4.55. The number of amides is 1. The minimum atomic E-state index is -0.359. The van der Waals surface area contributed by atoms with E-state index in [1.165, 1.54) is 23.1 Å². The van der Waals surface area contributed by atoms with Gasteiger partial charge in [-0.2, -0.15) is 0 Å². The van der Waals surface area contributed by atoms with Gasteiger partial charge in [-0.15, -0.1) is 0 Å². The Morgan fingerprint density at radius 1 is 1.15 bits per heavy atom. The summed E-state index contributed by atoms with van der Waals surface area (Å²) < 4.78 is 13.0. The van der Waals surface area contributed by atoms with Crippen LogP contribution in [0.5, 0.6) is 0 Å². The van der Waals surface area contributed by atoms with Gasteiger partial charge < -0.3 is 4.90 Å². The van der Waals surface area contributed by atoms with Crippen molar-refractivity contribution in [3.05, 3.63) is 65.0 Å². The number of benzene rings is 2. The molecule has 3 nitrogen and oxygen atoms in total. The number of hydrogen-bond acceptors (Lipinski definition) is 2. The van der Waals surface area contributed by atoms with Crippen LogP contribution in [-0.4, -0.2) is 19.2 Å². The van der Waals surface area contributed by atoms with Crippen molar-refractivity contribution < 1.29 is 14.0 Å². The van der Waals surface area contributed by atoms with Crippen molar-refractivity contribution >= 4 is 17.9 Å². The first kappa shape index (κ1) is 13.9. The number of nitrogens with zero attached hydrogens (tertiary/aromatic N) is 1. The number of halogens is 1. The lowest BCUT2D eigenvalue weighted by molar-refractivity contribution is -0.107. The third kappa shape index (κ3) is 2.74. The van der Waals surface area contributed by atoms with Crippen LogP contribution in [0.2, 0.25) is 0 Å². The first-order valence-corrected chi connectivity index (χ1v) is 6.12. The van der Waals surface area contributed by atoms with Crippen molar-refractivity contribution in [1.82, 2.24) is 0 Å². The summed E-state index contributed by atoms with van der Waals surface area (Å²) in [4.78, 5) is 24.4. The molecule has 0 fully saturated rings. The first-order chi connectivity index (χ1) is 9.52. The van der Waals surface area contributed by atoms with Gasteiger partial charge in [0, 0.05) is 23.9 Å². The summed E-state index contributed by atoms with van der Waals surface area (Å²) >= 11 is 0. The maximum atomic E-state index is 13.0. The summed E-state index contributed by atoms with van der Waals surface area (Å²) in [6.45, 7) is 1.70. The molecule has 2 aromatic carbocycles. The molecule has 2 aromatic rings. The zero-order valence-electron chi connectivity index (χ0n) is 11.3. The van der Waals surface area contributed by atoms with Crippen LogP contribution in [0, 0.1) is 12.7 Å². The summed E-state index contributed by atoms with van der Waals surface area (Å²) in [6, 6.07) is 10.8. The zero-order chi connectivity index (χ0) is 14.7. The Bertz CT molecular complexity index is 650. The fourth-order valence-electron chi connectivity index (χ4n) is 1.95. The second kappa shape index (κ2) is 5.65. The minimum absolute atomic E-state index is 0.164. The van der Waals surface area contributed by atoms with E-state index < -0.39 is 0 Å². The Morgan fingerprint density at radius 2 is 1.80 bits per heavy atom. The van der Waals surface area contributed by atoms with Gasteiger partial charge >= 0.3 is 0 Å². The van der Waals surface area contributed by atoms with Gasteiger partial charge in [0.1, 0.15) is 5.82 Å². The lowest BCUT2D eigenvalue weighted by atomic mass is 9.99. The summed E-state index contributed by atoms with van der Waals surface area (Å²) in [6.07, 6.45) is 0.695. The van der Waals surface area contributed by atoms with Gasteiger partial charge in [0.15, 0.2) is 5.78 Å². The normalized spacial score (nSPS) is 10.2. The van der Waals surface area contributed by atoms with Crippen molar-refractivity contribution in [2.75, 3.05) is 11.9 Å². The zero-order valence-corrected chi connectivity index (χ0v) is 11.3. The standard InChI is InChI=1S/C16H14FNO2/c1-11-9-13(17)5-8-15(11)16(20)12-3-6-14(7-4-12)18(2)10-19/h3-10H,1-2H3. The van der Waals surface area contributed by atoms with E-state index in [2.05, 4.69) is 0 Å². The van der Waals surface area contributed by atoms with Gasteiger partial charge in [-0.1, -0.05) is 0 Å². The molecule has 4 heteroatoms. The summed E-state index contributed by atoms with van der Waals surface area (Å²) in [5.41, 5.74) is 2.28. The smallest absolute Gasteiger partial charge is 0.213 e. The molecule has 0 unspecified atom stereocenters. The van der Waals surface area contributed by atoms with Crippen LogP contribution in [0.25, 0.3) is 0 Å². The van der Waals surface area contributed by atoms with Gasteiger partial charge in [0.2, 0.25) is 6.41 Å². The number of carbonyl (C=O) groups excluding carboxylic acids is 2. The fraction of sp³-hybridized carbons (Fsp3) is 0.125. The Hall–Kier alpha value is -2.49. The number of hydrogen-bond donors (Lipinski definition) is 0. The lowest BCUT2D eigenvalue weighted by Gasteiger charge is -2.11. The van der Waals surface area contributed by atoms with E-state index >= 15 is 0 Å². The van der Waals surface area contributed by atoms with Crippen molar-refractivity contribution in [3.63, 3.8) is 0 Å². The highest BCUT2D eigenvalue weighted by molar-refractivity contribution is 6.10. The predicted octanol–water partition coefficient (Wildman–Crippen LogP) is 2.96. The third-order valence-corrected chi connectivity index (χ3v) is 3.13. The van der Waals surface area contributed by atoms with Gasteiger partial charge in [-0.05, 0) is 55.0 Å². The van der Waals surface area contributed by atoms with Crippen molar-refractivity contribution in [2.45, 2.75) is 6.92 Å². The number of aryl methyl sites for hydroxylation is 1. The van der Waals surface area contributed by atoms with Crippen LogP contribution in [0.4, 0.5) is 10.1 Å². The van der Waals surface area contributed by atoms with E-state index in [-0.39, 0.29) is 11.6 Å². The Balaban J connectivity index is 2.31. The minimum Gasteiger partial charge on any atom is -0.318 e. The first-order valence-electron chi connectivity index (χ1n) is 6.12. The maximum Gasteiger partial charge on any atom is 0.213 e. The topological polar surface area (TPSA) is 37.4 Å². The number of anilines is 1. The molecule has 0 aliphatic rings. The second-order valence-electron chi connectivity index (χ2n) is 4.55. The van der Waals surface area contributed by atoms with Crippen LogP contribution in [0.3, 0.4) is 0 Å². The van der Waals surface area contributed by atoms with E-state index in [0.29, 0.717) is 28.8 Å². The average molecular weight is 271 g/mol. The molecule has 20 heavy (non-hydrogen) atoms. The van der Waals surface area contributed by atoms with E-state index in [9.17, 15) is 14.0 Å². The van der Waals surface area contributed by atoms with Crippen molar-refractivity contribution in [2.24, 2.45) is 0 Å². The molecule has 0 saturated carbocycles. The maximum absolute atomic E-state index is 13.0. The fourth-order valence-corrected chi connectivity index (χ4v) is 1.95. The highest BCUT2D eigenvalue weighted by atomic mass is 19.1. The molecular weight excluding hydrogens is 257 g/mol. The van der Waals surface area contributed by atoms with Gasteiger partial charge in [-0.3, -0.25) is 9.59 Å². The van der Waals surface area contributed by atoms with Gasteiger partial charge in [0.05, 0.1) is 0 Å². The summed E-state index contributed by atoms with van der Waals surface area (Å²) in [5, 5.41) is 0. The molecule has 0 spiro atoms. The Morgan fingerprint density at radius 3 is 2.35 bits per heavy atom. The molecule has 2 rings (SSSR count). The van der Waals surface area contributed by atoms with Crippen LogP contribution >= 0.6 is 0 Å². The molecular formula is C16H14FNO2. The molecule has 0 aliphatic carbocycles. The molecule has 1 amide bonds. The molecule has 0 bridgehead atoms. The molecule has 0 aliphatic heterocycles. The number of rotatable bonds is 4. The van der Waals surface area contributed by atoms with Crippen molar-refractivity contribution in [1.29, 1.82) is 0 Å². The highest BCUT2D eigenvalue weighted by Gasteiger charge is 2.12. The average Bonchev–Trinajstić information content (AvgIpc) is 2.46. The summed E-state index contributed by atoms with van der Waals surface area (Å²) in [5.74, 6) is -0.523. The van der Waals surface area contributed by atoms with E-state index in [0.717, 1.165) is 0 Å². The molecule has 0 saturated heterocycles. The lowest BCUT2D eigenvalue weighted by Crippen LogP contribution is -2.13. The van der Waals surface area contributed by atoms with Gasteiger partial charge in [-0.25, -0.2) is 4.39 Å². The largest absolute Gasteiger partial charge is 0.318 e. The predicted molar refractivity (Wildman–Crippen MR) is 75.5 cm³/mol. The molecule has 0 aromatic heterocycles.